The maximum atomic E-state index is 12.4. The third kappa shape index (κ3) is 4.65. The average molecular weight is 377 g/mol. The zero-order valence-electron chi connectivity index (χ0n) is 16.0. The molecule has 0 spiro atoms. The Balaban J connectivity index is 1.57. The Labute approximate surface area is 164 Å². The van der Waals surface area contributed by atoms with Crippen molar-refractivity contribution < 1.29 is 14.3 Å². The topological polar surface area (TPSA) is 75.3 Å². The first-order valence-electron chi connectivity index (χ1n) is 9.16. The van der Waals surface area contributed by atoms with Crippen molar-refractivity contribution in [3.05, 3.63) is 77.5 Å². The van der Waals surface area contributed by atoms with E-state index in [0.717, 1.165) is 17.5 Å². The molecule has 0 aliphatic rings. The van der Waals surface area contributed by atoms with E-state index in [0.29, 0.717) is 17.8 Å². The molecule has 144 valence electrons. The summed E-state index contributed by atoms with van der Waals surface area (Å²) in [6.45, 7) is 2.24. The minimum Gasteiger partial charge on any atom is -0.452 e. The number of benzene rings is 2. The molecule has 0 aliphatic carbocycles. The minimum atomic E-state index is -0.582. The van der Waals surface area contributed by atoms with Gasteiger partial charge in [-0.15, -0.1) is 0 Å². The number of likely N-dealkylation sites (N-methyl/N-ethyl adjacent to an activating group) is 1. The van der Waals surface area contributed by atoms with Crippen molar-refractivity contribution in [2.45, 2.75) is 19.9 Å². The second-order valence-corrected chi connectivity index (χ2v) is 6.52. The molecule has 0 saturated heterocycles. The Morgan fingerprint density at radius 1 is 1.04 bits per heavy atom. The van der Waals surface area contributed by atoms with Crippen molar-refractivity contribution in [2.75, 3.05) is 13.7 Å². The van der Waals surface area contributed by atoms with E-state index >= 15 is 0 Å². The number of esters is 1. The number of aromatic nitrogens is 2. The molecule has 0 atom stereocenters. The number of ether oxygens (including phenoxy) is 1. The molecule has 3 aromatic rings. The van der Waals surface area contributed by atoms with Gasteiger partial charge in [0, 0.05) is 19.2 Å². The van der Waals surface area contributed by atoms with Crippen molar-refractivity contribution in [3.8, 4) is 11.3 Å². The van der Waals surface area contributed by atoms with Crippen molar-refractivity contribution >= 4 is 11.9 Å². The molecule has 0 fully saturated rings. The molecular weight excluding hydrogens is 354 g/mol. The maximum Gasteiger partial charge on any atom is 0.342 e. The summed E-state index contributed by atoms with van der Waals surface area (Å²) in [4.78, 5) is 26.3. The fraction of sp³-hybridized carbons (Fsp3) is 0.227. The van der Waals surface area contributed by atoms with Gasteiger partial charge >= 0.3 is 5.97 Å². The van der Waals surface area contributed by atoms with Gasteiger partial charge in [0.15, 0.2) is 6.61 Å². The molecule has 2 aromatic carbocycles. The highest BCUT2D eigenvalue weighted by atomic mass is 16.5. The van der Waals surface area contributed by atoms with Gasteiger partial charge in [-0.05, 0) is 17.5 Å². The van der Waals surface area contributed by atoms with Crippen LogP contribution in [0.1, 0.15) is 28.4 Å². The van der Waals surface area contributed by atoms with Crippen molar-refractivity contribution in [3.63, 3.8) is 0 Å². The number of carbonyl (C=O) groups excluding carboxylic acids is 2. The molecule has 6 nitrogen and oxygen atoms in total. The van der Waals surface area contributed by atoms with E-state index in [1.165, 1.54) is 11.8 Å². The third-order valence-corrected chi connectivity index (χ3v) is 4.53. The minimum absolute atomic E-state index is 0.266. The number of hydrogen-bond acceptors (Lipinski definition) is 4. The summed E-state index contributed by atoms with van der Waals surface area (Å²) in [7, 11) is 1.69. The van der Waals surface area contributed by atoms with Crippen LogP contribution in [0.4, 0.5) is 0 Å². The second-order valence-electron chi connectivity index (χ2n) is 6.52. The Morgan fingerprint density at radius 3 is 2.39 bits per heavy atom. The summed E-state index contributed by atoms with van der Waals surface area (Å²) in [6.07, 6.45) is 2.39. The molecule has 0 unspecified atom stereocenters. The van der Waals surface area contributed by atoms with Crippen molar-refractivity contribution in [1.82, 2.24) is 15.1 Å². The van der Waals surface area contributed by atoms with Gasteiger partial charge in [0.1, 0.15) is 5.56 Å². The van der Waals surface area contributed by atoms with E-state index < -0.39 is 5.97 Å². The van der Waals surface area contributed by atoms with Gasteiger partial charge in [0.05, 0.1) is 11.9 Å². The van der Waals surface area contributed by atoms with E-state index in [1.807, 2.05) is 42.5 Å². The van der Waals surface area contributed by atoms with Gasteiger partial charge in [0.2, 0.25) is 0 Å². The number of hydrogen-bond donors (Lipinski definition) is 1. The smallest absolute Gasteiger partial charge is 0.342 e. The molecule has 0 radical (unpaired) electrons. The Morgan fingerprint density at radius 2 is 1.71 bits per heavy atom. The normalized spacial score (nSPS) is 10.5. The summed E-state index contributed by atoms with van der Waals surface area (Å²) >= 11 is 0. The standard InChI is InChI=1S/C22H23N3O3/c1-3-16-9-11-17(12-10-16)14-25(2)20(26)15-28-22(27)19-13-23-24-21(19)18-7-5-4-6-8-18/h4-13H,3,14-15H2,1-2H3,(H,23,24). The average Bonchev–Trinajstić information content (AvgIpc) is 3.23. The van der Waals surface area contributed by atoms with Crippen LogP contribution in [0.3, 0.4) is 0 Å². The highest BCUT2D eigenvalue weighted by molar-refractivity contribution is 5.96. The summed E-state index contributed by atoms with van der Waals surface area (Å²) in [5.41, 5.74) is 3.98. The van der Waals surface area contributed by atoms with Crippen LogP contribution in [0.25, 0.3) is 11.3 Å². The zero-order valence-corrected chi connectivity index (χ0v) is 16.0. The lowest BCUT2D eigenvalue weighted by Gasteiger charge is -2.17. The number of aromatic amines is 1. The molecule has 0 aliphatic heterocycles. The molecule has 6 heteroatoms. The lowest BCUT2D eigenvalue weighted by molar-refractivity contribution is -0.133. The molecule has 3 rings (SSSR count). The Kier molecular flexibility index (Phi) is 6.22. The van der Waals surface area contributed by atoms with E-state index in [4.69, 9.17) is 4.74 Å². The summed E-state index contributed by atoms with van der Waals surface area (Å²) < 4.78 is 5.22. The Bertz CT molecular complexity index is 933. The van der Waals surface area contributed by atoms with Gasteiger partial charge in [-0.1, -0.05) is 61.5 Å². The second kappa shape index (κ2) is 8.99. The Hall–Kier alpha value is -3.41. The monoisotopic (exact) mass is 377 g/mol. The van der Waals surface area contributed by atoms with Crippen LogP contribution in [-0.4, -0.2) is 40.6 Å². The van der Waals surface area contributed by atoms with E-state index in [2.05, 4.69) is 29.3 Å². The highest BCUT2D eigenvalue weighted by Crippen LogP contribution is 2.21. The largest absolute Gasteiger partial charge is 0.452 e. The van der Waals surface area contributed by atoms with Crippen LogP contribution in [0.15, 0.2) is 60.8 Å². The number of carbonyl (C=O) groups is 2. The zero-order chi connectivity index (χ0) is 19.9. The number of nitrogens with zero attached hydrogens (tertiary/aromatic N) is 2. The number of aryl methyl sites for hydroxylation is 1. The summed E-state index contributed by atoms with van der Waals surface area (Å²) in [5.74, 6) is -0.848. The first kappa shape index (κ1) is 19.4. The summed E-state index contributed by atoms with van der Waals surface area (Å²) in [6, 6.07) is 17.5. The number of rotatable bonds is 7. The molecule has 28 heavy (non-hydrogen) atoms. The number of H-pyrrole nitrogens is 1. The maximum absolute atomic E-state index is 12.4. The number of amides is 1. The van der Waals surface area contributed by atoms with Crippen LogP contribution < -0.4 is 0 Å². The van der Waals surface area contributed by atoms with Gasteiger partial charge < -0.3 is 9.64 Å². The SMILES string of the molecule is CCc1ccc(CN(C)C(=O)COC(=O)c2cn[nH]c2-c2ccccc2)cc1. The molecular formula is C22H23N3O3. The highest BCUT2D eigenvalue weighted by Gasteiger charge is 2.19. The first-order chi connectivity index (χ1) is 13.6. The van der Waals surface area contributed by atoms with E-state index in [9.17, 15) is 9.59 Å². The van der Waals surface area contributed by atoms with Crippen LogP contribution in [0.5, 0.6) is 0 Å². The predicted octanol–water partition coefficient (Wildman–Crippen LogP) is 3.45. The first-order valence-corrected chi connectivity index (χ1v) is 9.16. The van der Waals surface area contributed by atoms with Crippen molar-refractivity contribution in [2.24, 2.45) is 0 Å². The summed E-state index contributed by atoms with van der Waals surface area (Å²) in [5, 5.41) is 6.74. The van der Waals surface area contributed by atoms with Crippen LogP contribution in [0.2, 0.25) is 0 Å². The van der Waals surface area contributed by atoms with Crippen LogP contribution >= 0.6 is 0 Å². The lowest BCUT2D eigenvalue weighted by Crippen LogP contribution is -2.30. The third-order valence-electron chi connectivity index (χ3n) is 4.53. The molecule has 1 heterocycles. The fourth-order valence-electron chi connectivity index (χ4n) is 2.82. The molecule has 0 bridgehead atoms. The predicted molar refractivity (Wildman–Crippen MR) is 107 cm³/mol. The van der Waals surface area contributed by atoms with Crippen molar-refractivity contribution in [1.29, 1.82) is 0 Å². The van der Waals surface area contributed by atoms with Gasteiger partial charge in [-0.3, -0.25) is 9.89 Å². The van der Waals surface area contributed by atoms with Gasteiger partial charge in [0.25, 0.3) is 5.91 Å². The van der Waals surface area contributed by atoms with Gasteiger partial charge in [-0.25, -0.2) is 4.79 Å². The van der Waals surface area contributed by atoms with Crippen LogP contribution in [-0.2, 0) is 22.5 Å². The molecule has 1 N–H and O–H groups in total. The molecule has 1 amide bonds. The lowest BCUT2D eigenvalue weighted by atomic mass is 10.1. The van der Waals surface area contributed by atoms with E-state index in [1.54, 1.807) is 11.9 Å². The fourth-order valence-corrected chi connectivity index (χ4v) is 2.82. The van der Waals surface area contributed by atoms with Crippen LogP contribution in [0, 0.1) is 0 Å². The van der Waals surface area contributed by atoms with Gasteiger partial charge in [-0.2, -0.15) is 5.10 Å². The molecule has 0 saturated carbocycles. The molecule has 1 aromatic heterocycles. The van der Waals surface area contributed by atoms with E-state index in [-0.39, 0.29) is 12.5 Å². The quantitative estimate of drug-likeness (QED) is 0.640. The number of nitrogens with one attached hydrogen (secondary N) is 1.